The van der Waals surface area contributed by atoms with Crippen molar-refractivity contribution in [1.29, 1.82) is 0 Å². The minimum atomic E-state index is -3.66. The molecule has 7 heteroatoms. The topological polar surface area (TPSA) is 59.1 Å². The van der Waals surface area contributed by atoms with E-state index in [9.17, 15) is 8.42 Å². The van der Waals surface area contributed by atoms with Crippen LogP contribution in [0.5, 0.6) is 11.5 Å². The van der Waals surface area contributed by atoms with Crippen LogP contribution in [0.2, 0.25) is 0 Å². The highest BCUT2D eigenvalue weighted by molar-refractivity contribution is 7.89. The molecule has 2 aliphatic heterocycles. The Kier molecular flexibility index (Phi) is 4.61. The van der Waals surface area contributed by atoms with E-state index in [1.54, 1.807) is 29.6 Å². The van der Waals surface area contributed by atoms with Gasteiger partial charge in [0.1, 0.15) is 22.0 Å². The fraction of sp³-hybridized carbons (Fsp3) is 0.400. The average Bonchev–Trinajstić information content (AvgIpc) is 2.98. The molecule has 0 bridgehead atoms. The Morgan fingerprint density at radius 3 is 2.52 bits per heavy atom. The van der Waals surface area contributed by atoms with Crippen LogP contribution < -0.4 is 9.47 Å². The third kappa shape index (κ3) is 3.42. The Hall–Kier alpha value is -2.09. The third-order valence-electron chi connectivity index (χ3n) is 5.28. The summed E-state index contributed by atoms with van der Waals surface area (Å²) in [5, 5.41) is 0. The number of hydrogen-bond donors (Lipinski definition) is 0. The van der Waals surface area contributed by atoms with Gasteiger partial charge in [-0.05, 0) is 36.9 Å². The minimum absolute atomic E-state index is 0.241. The normalized spacial score (nSPS) is 25.0. The molecule has 0 unspecified atom stereocenters. The molecule has 2 aromatic rings. The first-order valence-electron chi connectivity index (χ1n) is 9.02. The van der Waals surface area contributed by atoms with Crippen molar-refractivity contribution in [2.75, 3.05) is 33.8 Å². The molecule has 0 saturated carbocycles. The molecule has 1 fully saturated rings. The van der Waals surface area contributed by atoms with Crippen molar-refractivity contribution in [3.8, 4) is 11.5 Å². The van der Waals surface area contributed by atoms with Crippen LogP contribution in [0, 0.1) is 0 Å². The SMILES string of the molecule is COc1ccc(CN2C[C@@]3(CCN(C)C3)Oc3ccccc3S2(=O)=O)cc1. The van der Waals surface area contributed by atoms with Crippen LogP contribution in [-0.4, -0.2) is 57.0 Å². The zero-order valence-electron chi connectivity index (χ0n) is 15.6. The summed E-state index contributed by atoms with van der Waals surface area (Å²) in [6.07, 6.45) is 0.798. The lowest BCUT2D eigenvalue weighted by Crippen LogP contribution is -2.48. The minimum Gasteiger partial charge on any atom is -0.497 e. The van der Waals surface area contributed by atoms with Gasteiger partial charge in [0.05, 0.1) is 13.7 Å². The molecule has 0 aliphatic carbocycles. The van der Waals surface area contributed by atoms with Gasteiger partial charge in [-0.2, -0.15) is 4.31 Å². The summed E-state index contributed by atoms with van der Waals surface area (Å²) in [7, 11) is -0.00267. The number of rotatable bonds is 3. The molecule has 1 saturated heterocycles. The van der Waals surface area contributed by atoms with Gasteiger partial charge < -0.3 is 14.4 Å². The summed E-state index contributed by atoms with van der Waals surface area (Å²) in [6.45, 7) is 2.23. The first-order chi connectivity index (χ1) is 12.9. The molecular formula is C20H24N2O4S. The van der Waals surface area contributed by atoms with E-state index in [2.05, 4.69) is 4.90 Å². The predicted molar refractivity (Wildman–Crippen MR) is 103 cm³/mol. The third-order valence-corrected chi connectivity index (χ3v) is 7.11. The molecule has 2 aliphatic rings. The zero-order valence-corrected chi connectivity index (χ0v) is 16.4. The van der Waals surface area contributed by atoms with Crippen molar-refractivity contribution in [2.45, 2.75) is 23.5 Å². The van der Waals surface area contributed by atoms with Crippen molar-refractivity contribution < 1.29 is 17.9 Å². The average molecular weight is 388 g/mol. The number of nitrogens with zero attached hydrogens (tertiary/aromatic N) is 2. The van der Waals surface area contributed by atoms with Gasteiger partial charge in [0, 0.05) is 26.1 Å². The number of para-hydroxylation sites is 1. The van der Waals surface area contributed by atoms with Gasteiger partial charge in [0.25, 0.3) is 0 Å². The van der Waals surface area contributed by atoms with Crippen molar-refractivity contribution in [3.05, 3.63) is 54.1 Å². The largest absolute Gasteiger partial charge is 0.497 e. The number of sulfonamides is 1. The Bertz CT molecular complexity index is 929. The smallest absolute Gasteiger partial charge is 0.247 e. The van der Waals surface area contributed by atoms with Crippen molar-refractivity contribution in [3.63, 3.8) is 0 Å². The summed E-state index contributed by atoms with van der Waals surface area (Å²) in [5.41, 5.74) is 0.390. The molecule has 27 heavy (non-hydrogen) atoms. The fourth-order valence-electron chi connectivity index (χ4n) is 3.89. The van der Waals surface area contributed by atoms with Crippen LogP contribution in [-0.2, 0) is 16.6 Å². The molecule has 1 spiro atoms. The summed E-state index contributed by atoms with van der Waals surface area (Å²) < 4.78 is 39.8. The molecule has 0 radical (unpaired) electrons. The molecule has 6 nitrogen and oxygen atoms in total. The molecule has 1 atom stereocenters. The lowest BCUT2D eigenvalue weighted by molar-refractivity contribution is 0.0605. The highest BCUT2D eigenvalue weighted by Gasteiger charge is 2.46. The van der Waals surface area contributed by atoms with Crippen LogP contribution in [0.25, 0.3) is 0 Å². The molecule has 0 aromatic heterocycles. The highest BCUT2D eigenvalue weighted by atomic mass is 32.2. The van der Waals surface area contributed by atoms with Crippen molar-refractivity contribution in [2.24, 2.45) is 0 Å². The lowest BCUT2D eigenvalue weighted by Gasteiger charge is -2.31. The van der Waals surface area contributed by atoms with Gasteiger partial charge in [0.15, 0.2) is 0 Å². The summed E-state index contributed by atoms with van der Waals surface area (Å²) in [4.78, 5) is 2.43. The van der Waals surface area contributed by atoms with Crippen LogP contribution in [0.15, 0.2) is 53.4 Å². The summed E-state index contributed by atoms with van der Waals surface area (Å²) in [6, 6.07) is 14.4. The Labute approximate surface area is 160 Å². The van der Waals surface area contributed by atoms with Gasteiger partial charge in [-0.1, -0.05) is 24.3 Å². The number of likely N-dealkylation sites (N-methyl/N-ethyl adjacent to an activating group) is 1. The standard InChI is InChI=1S/C20H24N2O4S/c1-21-12-11-20(14-21)15-22(13-16-7-9-17(25-2)10-8-16)27(23,24)19-6-4-3-5-18(19)26-20/h3-10H,11-15H2,1-2H3/t20-/m0/s1. The Balaban J connectivity index is 1.74. The molecule has 2 aromatic carbocycles. The van der Waals surface area contributed by atoms with Crippen LogP contribution in [0.3, 0.4) is 0 Å². The number of hydrogen-bond acceptors (Lipinski definition) is 5. The van der Waals surface area contributed by atoms with E-state index < -0.39 is 15.6 Å². The van der Waals surface area contributed by atoms with Gasteiger partial charge >= 0.3 is 0 Å². The maximum absolute atomic E-state index is 13.4. The summed E-state index contributed by atoms with van der Waals surface area (Å²) >= 11 is 0. The molecular weight excluding hydrogens is 364 g/mol. The lowest BCUT2D eigenvalue weighted by atomic mass is 10.0. The quantitative estimate of drug-likeness (QED) is 0.808. The zero-order chi connectivity index (χ0) is 19.1. The predicted octanol–water partition coefficient (Wildman–Crippen LogP) is 2.35. The number of benzene rings is 2. The monoisotopic (exact) mass is 388 g/mol. The van der Waals surface area contributed by atoms with Gasteiger partial charge in [0.2, 0.25) is 10.0 Å². The first kappa shape index (κ1) is 18.3. The number of fused-ring (bicyclic) bond motifs is 1. The molecule has 0 N–H and O–H groups in total. The highest BCUT2D eigenvalue weighted by Crippen LogP contribution is 2.38. The number of likely N-dealkylation sites (tertiary alicyclic amines) is 1. The second-order valence-corrected chi connectivity index (χ2v) is 9.25. The maximum atomic E-state index is 13.4. The maximum Gasteiger partial charge on any atom is 0.247 e. The number of ether oxygens (including phenoxy) is 2. The van der Waals surface area contributed by atoms with E-state index in [0.29, 0.717) is 25.4 Å². The molecule has 0 amide bonds. The van der Waals surface area contributed by atoms with Crippen LogP contribution in [0.1, 0.15) is 12.0 Å². The van der Waals surface area contributed by atoms with Crippen molar-refractivity contribution >= 4 is 10.0 Å². The van der Waals surface area contributed by atoms with E-state index in [1.165, 1.54) is 0 Å². The van der Waals surface area contributed by atoms with E-state index in [4.69, 9.17) is 9.47 Å². The van der Waals surface area contributed by atoms with Gasteiger partial charge in [-0.15, -0.1) is 0 Å². The second kappa shape index (κ2) is 6.82. The van der Waals surface area contributed by atoms with Crippen molar-refractivity contribution in [1.82, 2.24) is 9.21 Å². The van der Waals surface area contributed by atoms with Crippen LogP contribution in [0.4, 0.5) is 0 Å². The molecule has 4 rings (SSSR count). The summed E-state index contributed by atoms with van der Waals surface area (Å²) in [5.74, 6) is 1.20. The molecule has 144 valence electrons. The second-order valence-electron chi connectivity index (χ2n) is 7.34. The Morgan fingerprint density at radius 2 is 1.85 bits per heavy atom. The van der Waals surface area contributed by atoms with Crippen LogP contribution >= 0.6 is 0 Å². The fourth-order valence-corrected chi connectivity index (χ4v) is 5.51. The molecule has 2 heterocycles. The first-order valence-corrected chi connectivity index (χ1v) is 10.5. The van der Waals surface area contributed by atoms with E-state index in [-0.39, 0.29) is 4.90 Å². The van der Waals surface area contributed by atoms with E-state index in [1.807, 2.05) is 37.4 Å². The van der Waals surface area contributed by atoms with E-state index in [0.717, 1.165) is 24.3 Å². The van der Waals surface area contributed by atoms with E-state index >= 15 is 0 Å². The Morgan fingerprint density at radius 1 is 1.11 bits per heavy atom. The van der Waals surface area contributed by atoms with Gasteiger partial charge in [-0.25, -0.2) is 8.42 Å². The number of methoxy groups -OCH3 is 1. The van der Waals surface area contributed by atoms with Gasteiger partial charge in [-0.3, -0.25) is 0 Å².